The molecule has 0 aliphatic rings. The molecule has 5 heteroatoms. The van der Waals surface area contributed by atoms with Gasteiger partial charge in [-0.15, -0.1) is 22.9 Å². The smallest absolute Gasteiger partial charge is 0.0616 e. The van der Waals surface area contributed by atoms with Crippen LogP contribution < -0.4 is 5.32 Å². The summed E-state index contributed by atoms with van der Waals surface area (Å²) >= 11 is 10.9. The molecule has 15 heavy (non-hydrogen) atoms. The van der Waals surface area contributed by atoms with E-state index in [-0.39, 0.29) is 0 Å². The van der Waals surface area contributed by atoms with Crippen LogP contribution in [0.2, 0.25) is 0 Å². The number of thiophene rings is 1. The van der Waals surface area contributed by atoms with Crippen molar-refractivity contribution in [1.82, 2.24) is 5.32 Å². The van der Waals surface area contributed by atoms with Crippen molar-refractivity contribution < 1.29 is 4.74 Å². The van der Waals surface area contributed by atoms with E-state index in [0.29, 0.717) is 18.5 Å². The number of methoxy groups -OCH3 is 1. The van der Waals surface area contributed by atoms with E-state index in [1.807, 2.05) is 0 Å². The van der Waals surface area contributed by atoms with Gasteiger partial charge in [0.1, 0.15) is 0 Å². The third kappa shape index (κ3) is 5.31. The summed E-state index contributed by atoms with van der Waals surface area (Å²) < 4.78 is 6.27. The van der Waals surface area contributed by atoms with Gasteiger partial charge in [-0.05, 0) is 28.4 Å². The number of nitrogens with one attached hydrogen (secondary N) is 1. The Labute approximate surface area is 108 Å². The van der Waals surface area contributed by atoms with Gasteiger partial charge in [0.2, 0.25) is 0 Å². The Kier molecular flexibility index (Phi) is 6.84. The van der Waals surface area contributed by atoms with E-state index in [4.69, 9.17) is 16.3 Å². The predicted octanol–water partition coefficient (Wildman–Crippen LogP) is 3.24. The highest BCUT2D eigenvalue weighted by atomic mass is 79.9. The number of rotatable bonds is 7. The molecule has 0 spiro atoms. The highest BCUT2D eigenvalue weighted by Gasteiger charge is 2.07. The van der Waals surface area contributed by atoms with Gasteiger partial charge in [0.15, 0.2) is 0 Å². The minimum Gasteiger partial charge on any atom is -0.383 e. The first kappa shape index (κ1) is 13.5. The minimum atomic E-state index is 0.341. The van der Waals surface area contributed by atoms with Crippen molar-refractivity contribution in [3.05, 3.63) is 20.8 Å². The van der Waals surface area contributed by atoms with E-state index in [1.165, 1.54) is 4.88 Å². The summed E-state index contributed by atoms with van der Waals surface area (Å²) in [6, 6.07) is 2.47. The summed E-state index contributed by atoms with van der Waals surface area (Å²) in [5.41, 5.74) is 0. The molecule has 0 aliphatic carbocycles. The number of halogens is 2. The topological polar surface area (TPSA) is 21.3 Å². The minimum absolute atomic E-state index is 0.341. The lowest BCUT2D eigenvalue weighted by molar-refractivity contribution is 0.164. The molecule has 0 bridgehead atoms. The van der Waals surface area contributed by atoms with Crippen LogP contribution in [0.3, 0.4) is 0 Å². The summed E-state index contributed by atoms with van der Waals surface area (Å²) in [5, 5.41) is 5.52. The van der Waals surface area contributed by atoms with E-state index in [9.17, 15) is 0 Å². The molecular formula is C10H15BrClNOS. The summed E-state index contributed by atoms with van der Waals surface area (Å²) in [4.78, 5) is 1.32. The molecule has 1 heterocycles. The molecule has 0 fully saturated rings. The van der Waals surface area contributed by atoms with Crippen LogP contribution in [0.25, 0.3) is 0 Å². The van der Waals surface area contributed by atoms with Gasteiger partial charge in [-0.3, -0.25) is 0 Å². The van der Waals surface area contributed by atoms with E-state index in [0.717, 1.165) is 17.4 Å². The maximum absolute atomic E-state index is 5.72. The highest BCUT2D eigenvalue weighted by Crippen LogP contribution is 2.19. The lowest BCUT2D eigenvalue weighted by Gasteiger charge is -2.15. The van der Waals surface area contributed by atoms with Gasteiger partial charge in [0.25, 0.3) is 0 Å². The maximum Gasteiger partial charge on any atom is 0.0616 e. The van der Waals surface area contributed by atoms with Crippen LogP contribution in [-0.4, -0.2) is 25.6 Å². The molecule has 1 N–H and O–H groups in total. The lowest BCUT2D eigenvalue weighted by Crippen LogP contribution is -2.32. The Balaban J connectivity index is 2.32. The van der Waals surface area contributed by atoms with Crippen molar-refractivity contribution in [2.24, 2.45) is 0 Å². The number of hydrogen-bond donors (Lipinski definition) is 1. The molecule has 0 aromatic carbocycles. The van der Waals surface area contributed by atoms with Crippen molar-refractivity contribution >= 4 is 38.9 Å². The van der Waals surface area contributed by atoms with Crippen molar-refractivity contribution in [2.45, 2.75) is 19.0 Å². The molecule has 1 aromatic heterocycles. The van der Waals surface area contributed by atoms with Crippen molar-refractivity contribution in [3.8, 4) is 0 Å². The highest BCUT2D eigenvalue weighted by molar-refractivity contribution is 9.10. The van der Waals surface area contributed by atoms with Crippen LogP contribution in [0.5, 0.6) is 0 Å². The zero-order chi connectivity index (χ0) is 11.1. The predicted molar refractivity (Wildman–Crippen MR) is 69.9 cm³/mol. The molecule has 1 aromatic rings. The average molecular weight is 313 g/mol. The van der Waals surface area contributed by atoms with E-state index < -0.39 is 0 Å². The van der Waals surface area contributed by atoms with Crippen molar-refractivity contribution in [1.29, 1.82) is 0 Å². The Morgan fingerprint density at radius 1 is 1.67 bits per heavy atom. The fourth-order valence-corrected chi connectivity index (χ4v) is 2.93. The summed E-state index contributed by atoms with van der Waals surface area (Å²) in [7, 11) is 1.71. The van der Waals surface area contributed by atoms with Crippen LogP contribution in [0, 0.1) is 0 Å². The third-order valence-electron chi connectivity index (χ3n) is 2.01. The fraction of sp³-hybridized carbons (Fsp3) is 0.600. The summed E-state index contributed by atoms with van der Waals surface area (Å²) in [6.07, 6.45) is 0.932. The largest absolute Gasteiger partial charge is 0.383 e. The van der Waals surface area contributed by atoms with Gasteiger partial charge in [-0.1, -0.05) is 0 Å². The van der Waals surface area contributed by atoms with Gasteiger partial charge < -0.3 is 10.1 Å². The SMILES string of the molecule is COCC(CCCl)NCc1cc(Br)cs1. The molecule has 86 valence electrons. The molecule has 0 amide bonds. The van der Waals surface area contributed by atoms with Crippen molar-refractivity contribution in [3.63, 3.8) is 0 Å². The monoisotopic (exact) mass is 311 g/mol. The van der Waals surface area contributed by atoms with Gasteiger partial charge >= 0.3 is 0 Å². The Morgan fingerprint density at radius 3 is 3.00 bits per heavy atom. The Morgan fingerprint density at radius 2 is 2.47 bits per heavy atom. The maximum atomic E-state index is 5.72. The second kappa shape index (κ2) is 7.63. The Hall–Kier alpha value is 0.390. The van der Waals surface area contributed by atoms with E-state index in [1.54, 1.807) is 18.4 Å². The molecule has 1 rings (SSSR count). The van der Waals surface area contributed by atoms with E-state index in [2.05, 4.69) is 32.7 Å². The zero-order valence-electron chi connectivity index (χ0n) is 8.63. The standard InChI is InChI=1S/C10H15BrClNOS/c1-14-6-9(2-3-12)13-5-10-4-8(11)7-15-10/h4,7,9,13H,2-3,5-6H2,1H3. The third-order valence-corrected chi connectivity index (χ3v) is 3.93. The molecule has 0 radical (unpaired) electrons. The van der Waals surface area contributed by atoms with Crippen LogP contribution >= 0.6 is 38.9 Å². The molecular weight excluding hydrogens is 298 g/mol. The van der Waals surface area contributed by atoms with Crippen LogP contribution in [0.4, 0.5) is 0 Å². The molecule has 1 atom stereocenters. The molecule has 1 unspecified atom stereocenters. The normalized spacial score (nSPS) is 13.0. The quantitative estimate of drug-likeness (QED) is 0.780. The van der Waals surface area contributed by atoms with Crippen LogP contribution in [-0.2, 0) is 11.3 Å². The summed E-state index contributed by atoms with van der Waals surface area (Å²) in [6.45, 7) is 1.58. The fourth-order valence-electron chi connectivity index (χ4n) is 1.27. The van der Waals surface area contributed by atoms with E-state index >= 15 is 0 Å². The van der Waals surface area contributed by atoms with Gasteiger partial charge in [0, 0.05) is 40.3 Å². The average Bonchev–Trinajstić information content (AvgIpc) is 2.61. The molecule has 2 nitrogen and oxygen atoms in total. The Bertz CT molecular complexity index is 276. The first-order valence-electron chi connectivity index (χ1n) is 4.77. The summed E-state index contributed by atoms with van der Waals surface area (Å²) in [5.74, 6) is 0.662. The lowest BCUT2D eigenvalue weighted by atomic mass is 10.2. The zero-order valence-corrected chi connectivity index (χ0v) is 11.8. The number of ether oxygens (including phenoxy) is 1. The number of hydrogen-bond acceptors (Lipinski definition) is 3. The van der Waals surface area contributed by atoms with Crippen LogP contribution in [0.15, 0.2) is 15.9 Å². The molecule has 0 saturated heterocycles. The van der Waals surface area contributed by atoms with Crippen LogP contribution in [0.1, 0.15) is 11.3 Å². The molecule has 0 aliphatic heterocycles. The van der Waals surface area contributed by atoms with Gasteiger partial charge in [-0.25, -0.2) is 0 Å². The van der Waals surface area contributed by atoms with Gasteiger partial charge in [0.05, 0.1) is 6.61 Å². The van der Waals surface area contributed by atoms with Gasteiger partial charge in [-0.2, -0.15) is 0 Å². The van der Waals surface area contributed by atoms with Crippen molar-refractivity contribution in [2.75, 3.05) is 19.6 Å². The first-order chi connectivity index (χ1) is 7.26. The first-order valence-corrected chi connectivity index (χ1v) is 6.98. The second-order valence-corrected chi connectivity index (χ2v) is 5.53. The second-order valence-electron chi connectivity index (χ2n) is 3.24. The number of alkyl halides is 1. The molecule has 0 saturated carbocycles.